The summed E-state index contributed by atoms with van der Waals surface area (Å²) in [6, 6.07) is 9.51. The van der Waals surface area contributed by atoms with Crippen molar-refractivity contribution in [2.75, 3.05) is 20.3 Å². The summed E-state index contributed by atoms with van der Waals surface area (Å²) in [6.45, 7) is 1.97. The maximum atomic E-state index is 11.5. The summed E-state index contributed by atoms with van der Waals surface area (Å²) in [5.41, 5.74) is 6.93. The van der Waals surface area contributed by atoms with Crippen LogP contribution in [0.3, 0.4) is 0 Å². The average Bonchev–Trinajstić information content (AvgIpc) is 2.27. The first-order valence-electron chi connectivity index (χ1n) is 4.74. The molecule has 5 heteroatoms. The second-order valence-corrected chi connectivity index (χ2v) is 5.78. The third kappa shape index (κ3) is 4.14. The van der Waals surface area contributed by atoms with Gasteiger partial charge in [0.15, 0.2) is 0 Å². The Balaban J connectivity index is 2.51. The number of hydrogen-bond acceptors (Lipinski definition) is 3. The predicted octanol–water partition coefficient (Wildman–Crippen LogP) is 1.75. The van der Waals surface area contributed by atoms with Gasteiger partial charge in [0.1, 0.15) is 0 Å². The van der Waals surface area contributed by atoms with E-state index in [2.05, 4.69) is 5.09 Å². The molecule has 0 radical (unpaired) electrons. The van der Waals surface area contributed by atoms with E-state index in [1.54, 1.807) is 0 Å². The van der Waals surface area contributed by atoms with Crippen molar-refractivity contribution in [2.24, 2.45) is 5.73 Å². The monoisotopic (exact) mass is 228 g/mol. The molecule has 4 nitrogen and oxygen atoms in total. The molecule has 0 aromatic heterocycles. The second kappa shape index (κ2) is 5.42. The van der Waals surface area contributed by atoms with E-state index in [1.807, 2.05) is 30.3 Å². The van der Waals surface area contributed by atoms with Crippen molar-refractivity contribution >= 4 is 7.52 Å². The van der Waals surface area contributed by atoms with Gasteiger partial charge in [0.25, 0.3) is 7.52 Å². The van der Waals surface area contributed by atoms with Crippen molar-refractivity contribution in [1.82, 2.24) is 5.09 Å². The minimum Gasteiger partial charge on any atom is -0.323 e. The molecule has 0 amide bonds. The van der Waals surface area contributed by atoms with Gasteiger partial charge in [0, 0.05) is 26.4 Å². The smallest absolute Gasteiger partial charge is 0.266 e. The van der Waals surface area contributed by atoms with Gasteiger partial charge in [-0.1, -0.05) is 30.3 Å². The van der Waals surface area contributed by atoms with Gasteiger partial charge in [-0.15, -0.1) is 0 Å². The summed E-state index contributed by atoms with van der Waals surface area (Å²) >= 11 is 0. The molecule has 0 aliphatic rings. The Morgan fingerprint density at radius 3 is 2.60 bits per heavy atom. The number of rotatable bonds is 5. The van der Waals surface area contributed by atoms with Gasteiger partial charge >= 0.3 is 0 Å². The zero-order valence-electron chi connectivity index (χ0n) is 9.01. The fraction of sp³-hybridized carbons (Fsp3) is 0.400. The summed E-state index contributed by atoms with van der Waals surface area (Å²) in [7, 11) is -1.26. The minimum atomic E-state index is -2.68. The number of hydrogen-bond donors (Lipinski definition) is 2. The molecule has 0 fully saturated rings. The fourth-order valence-corrected chi connectivity index (χ4v) is 1.80. The Morgan fingerprint density at radius 1 is 1.47 bits per heavy atom. The Hall–Kier alpha value is -0.670. The van der Waals surface area contributed by atoms with Gasteiger partial charge in [0.2, 0.25) is 0 Å². The first-order valence-corrected chi connectivity index (χ1v) is 6.81. The normalized spacial score (nSPS) is 17.0. The van der Waals surface area contributed by atoms with Gasteiger partial charge in [-0.3, -0.25) is 4.57 Å². The molecule has 0 aliphatic carbocycles. The standard InChI is InChI=1S/C10H17N2O2P/c1-14-15(2,13)12-8-10(11)9-6-4-3-5-7-9/h3-7,10H,8,11H2,1-2H3,(H,12,13). The molecular weight excluding hydrogens is 211 g/mol. The average molecular weight is 228 g/mol. The molecule has 2 atom stereocenters. The molecule has 0 aliphatic heterocycles. The zero-order valence-corrected chi connectivity index (χ0v) is 9.91. The first-order chi connectivity index (χ1) is 7.05. The van der Waals surface area contributed by atoms with E-state index in [0.717, 1.165) is 5.56 Å². The van der Waals surface area contributed by atoms with Crippen molar-refractivity contribution in [2.45, 2.75) is 6.04 Å². The highest BCUT2D eigenvalue weighted by atomic mass is 31.2. The second-order valence-electron chi connectivity index (χ2n) is 3.41. The predicted molar refractivity (Wildman–Crippen MR) is 61.9 cm³/mol. The van der Waals surface area contributed by atoms with Crippen molar-refractivity contribution in [3.63, 3.8) is 0 Å². The molecule has 0 spiro atoms. The molecule has 84 valence electrons. The van der Waals surface area contributed by atoms with Crippen LogP contribution in [0.4, 0.5) is 0 Å². The van der Waals surface area contributed by atoms with E-state index in [-0.39, 0.29) is 6.04 Å². The maximum absolute atomic E-state index is 11.5. The van der Waals surface area contributed by atoms with Crippen LogP contribution in [0.15, 0.2) is 30.3 Å². The molecule has 3 N–H and O–H groups in total. The minimum absolute atomic E-state index is 0.172. The highest BCUT2D eigenvalue weighted by molar-refractivity contribution is 7.56. The molecule has 0 heterocycles. The van der Waals surface area contributed by atoms with Crippen LogP contribution in [0.2, 0.25) is 0 Å². The molecule has 1 rings (SSSR count). The van der Waals surface area contributed by atoms with Crippen LogP contribution in [0.5, 0.6) is 0 Å². The van der Waals surface area contributed by atoms with Crippen molar-refractivity contribution in [3.8, 4) is 0 Å². The zero-order chi connectivity index (χ0) is 11.3. The summed E-state index contributed by atoms with van der Waals surface area (Å²) < 4.78 is 16.3. The molecular formula is C10H17N2O2P. The van der Waals surface area contributed by atoms with Gasteiger partial charge < -0.3 is 10.3 Å². The Kier molecular flexibility index (Phi) is 4.48. The molecule has 0 bridgehead atoms. The summed E-state index contributed by atoms with van der Waals surface area (Å²) in [6.07, 6.45) is 0. The van der Waals surface area contributed by atoms with Crippen molar-refractivity contribution in [1.29, 1.82) is 0 Å². The van der Waals surface area contributed by atoms with Crippen LogP contribution in [0.1, 0.15) is 11.6 Å². The molecule has 15 heavy (non-hydrogen) atoms. The van der Waals surface area contributed by atoms with Crippen LogP contribution in [-0.2, 0) is 9.09 Å². The lowest BCUT2D eigenvalue weighted by atomic mass is 10.1. The molecule has 1 aromatic carbocycles. The van der Waals surface area contributed by atoms with E-state index >= 15 is 0 Å². The van der Waals surface area contributed by atoms with Crippen molar-refractivity contribution < 1.29 is 9.09 Å². The lowest BCUT2D eigenvalue weighted by Gasteiger charge is -2.16. The lowest BCUT2D eigenvalue weighted by Crippen LogP contribution is -2.25. The Labute approximate surface area is 90.3 Å². The summed E-state index contributed by atoms with van der Waals surface area (Å²) in [5.74, 6) is 0. The Morgan fingerprint density at radius 2 is 2.07 bits per heavy atom. The Bertz CT molecular complexity index is 343. The van der Waals surface area contributed by atoms with E-state index in [0.29, 0.717) is 6.54 Å². The molecule has 1 aromatic rings. The largest absolute Gasteiger partial charge is 0.323 e. The molecule has 0 saturated heterocycles. The van der Waals surface area contributed by atoms with Crippen LogP contribution in [0.25, 0.3) is 0 Å². The van der Waals surface area contributed by atoms with Crippen molar-refractivity contribution in [3.05, 3.63) is 35.9 Å². The summed E-state index contributed by atoms with van der Waals surface area (Å²) in [4.78, 5) is 0. The van der Waals surface area contributed by atoms with Gasteiger partial charge in [-0.2, -0.15) is 0 Å². The van der Waals surface area contributed by atoms with Crippen LogP contribution in [0, 0.1) is 0 Å². The quantitative estimate of drug-likeness (QED) is 0.753. The third-order valence-corrected chi connectivity index (χ3v) is 3.63. The van der Waals surface area contributed by atoms with Crippen LogP contribution < -0.4 is 10.8 Å². The topological polar surface area (TPSA) is 64.3 Å². The summed E-state index contributed by atoms with van der Waals surface area (Å²) in [5, 5.41) is 2.82. The van der Waals surface area contributed by atoms with E-state index in [4.69, 9.17) is 10.3 Å². The lowest BCUT2D eigenvalue weighted by molar-refractivity contribution is 0.386. The van der Waals surface area contributed by atoms with E-state index in [1.165, 1.54) is 13.8 Å². The maximum Gasteiger partial charge on any atom is 0.266 e. The number of nitrogens with one attached hydrogen (secondary N) is 1. The highest BCUT2D eigenvalue weighted by Gasteiger charge is 2.14. The number of nitrogens with two attached hydrogens (primary N) is 1. The molecule has 2 unspecified atom stereocenters. The van der Waals surface area contributed by atoms with E-state index in [9.17, 15) is 4.57 Å². The molecule has 0 saturated carbocycles. The van der Waals surface area contributed by atoms with Gasteiger partial charge in [-0.05, 0) is 5.56 Å². The van der Waals surface area contributed by atoms with Crippen LogP contribution >= 0.6 is 7.52 Å². The first kappa shape index (κ1) is 12.4. The SMILES string of the molecule is COP(C)(=O)NCC(N)c1ccccc1. The highest BCUT2D eigenvalue weighted by Crippen LogP contribution is 2.35. The van der Waals surface area contributed by atoms with E-state index < -0.39 is 7.52 Å². The number of benzene rings is 1. The van der Waals surface area contributed by atoms with Gasteiger partial charge in [-0.25, -0.2) is 5.09 Å². The van der Waals surface area contributed by atoms with Gasteiger partial charge in [0.05, 0.1) is 0 Å². The van der Waals surface area contributed by atoms with Crippen LogP contribution in [-0.4, -0.2) is 20.3 Å². The third-order valence-electron chi connectivity index (χ3n) is 2.17. The fourth-order valence-electron chi connectivity index (χ4n) is 1.15.